The first-order valence-corrected chi connectivity index (χ1v) is 9.98. The summed E-state index contributed by atoms with van der Waals surface area (Å²) < 4.78 is 5.75. The second-order valence-corrected chi connectivity index (χ2v) is 6.92. The van der Waals surface area contributed by atoms with E-state index in [-0.39, 0.29) is 12.5 Å². The number of aliphatic carboxylic acids is 1. The van der Waals surface area contributed by atoms with Gasteiger partial charge in [0.1, 0.15) is 0 Å². The van der Waals surface area contributed by atoms with Crippen molar-refractivity contribution >= 4 is 5.97 Å². The fourth-order valence-electron chi connectivity index (χ4n) is 2.79. The first kappa shape index (κ1) is 24.3. The van der Waals surface area contributed by atoms with Crippen LogP contribution in [0.15, 0.2) is 48.6 Å². The van der Waals surface area contributed by atoms with Crippen molar-refractivity contribution in [2.75, 3.05) is 0 Å². The van der Waals surface area contributed by atoms with Crippen molar-refractivity contribution in [3.05, 3.63) is 48.6 Å². The molecule has 4 N–H and O–H groups in total. The summed E-state index contributed by atoms with van der Waals surface area (Å²) in [6, 6.07) is 0. The maximum absolute atomic E-state index is 10.4. The van der Waals surface area contributed by atoms with Crippen molar-refractivity contribution in [3.63, 3.8) is 0 Å². The Morgan fingerprint density at radius 2 is 1.71 bits per heavy atom. The van der Waals surface area contributed by atoms with Gasteiger partial charge in [-0.05, 0) is 32.1 Å². The van der Waals surface area contributed by atoms with Gasteiger partial charge in [-0.25, -0.2) is 0 Å². The van der Waals surface area contributed by atoms with E-state index in [2.05, 4.69) is 0 Å². The van der Waals surface area contributed by atoms with Crippen LogP contribution in [0, 0.1) is 0 Å². The fourth-order valence-corrected chi connectivity index (χ4v) is 2.79. The van der Waals surface area contributed by atoms with E-state index in [0.717, 1.165) is 12.8 Å². The first-order valence-electron chi connectivity index (χ1n) is 9.98. The van der Waals surface area contributed by atoms with E-state index in [1.54, 1.807) is 6.08 Å². The molecule has 6 nitrogen and oxygen atoms in total. The Morgan fingerprint density at radius 3 is 2.36 bits per heavy atom. The summed E-state index contributed by atoms with van der Waals surface area (Å²) in [7, 11) is 0. The van der Waals surface area contributed by atoms with Crippen LogP contribution in [0.1, 0.15) is 51.9 Å². The van der Waals surface area contributed by atoms with Crippen molar-refractivity contribution in [2.24, 2.45) is 0 Å². The summed E-state index contributed by atoms with van der Waals surface area (Å²) in [5.41, 5.74) is 0. The Bertz CT molecular complexity index is 551. The molecule has 0 bridgehead atoms. The van der Waals surface area contributed by atoms with Crippen LogP contribution in [0.5, 0.6) is 0 Å². The Kier molecular flexibility index (Phi) is 12.4. The number of ether oxygens (including phenoxy) is 1. The molecule has 0 aromatic carbocycles. The van der Waals surface area contributed by atoms with Crippen LogP contribution in [-0.4, -0.2) is 56.9 Å². The molecule has 158 valence electrons. The molecule has 1 rings (SSSR count). The molecule has 6 heteroatoms. The van der Waals surface area contributed by atoms with Gasteiger partial charge in [0.25, 0.3) is 0 Å². The molecular weight excluding hydrogens is 360 g/mol. The van der Waals surface area contributed by atoms with Gasteiger partial charge in [-0.3, -0.25) is 4.79 Å². The second-order valence-electron chi connectivity index (χ2n) is 6.92. The minimum Gasteiger partial charge on any atom is -0.481 e. The van der Waals surface area contributed by atoms with Crippen LogP contribution >= 0.6 is 0 Å². The second kappa shape index (κ2) is 14.3. The maximum Gasteiger partial charge on any atom is 0.303 e. The lowest BCUT2D eigenvalue weighted by molar-refractivity contribution is -0.136. The number of aliphatic hydroxyl groups is 3. The Hall–Kier alpha value is -1.73. The van der Waals surface area contributed by atoms with Crippen molar-refractivity contribution in [1.82, 2.24) is 0 Å². The van der Waals surface area contributed by atoms with Crippen LogP contribution in [-0.2, 0) is 9.53 Å². The summed E-state index contributed by atoms with van der Waals surface area (Å²) in [5.74, 6) is -0.783. The van der Waals surface area contributed by atoms with E-state index in [1.807, 2.05) is 43.4 Å². The molecule has 5 atom stereocenters. The zero-order chi connectivity index (χ0) is 20.8. The lowest BCUT2D eigenvalue weighted by atomic mass is 10.0. The molecule has 0 amide bonds. The predicted octanol–water partition coefficient (Wildman–Crippen LogP) is 2.90. The number of hydrogen-bond donors (Lipinski definition) is 4. The highest BCUT2D eigenvalue weighted by atomic mass is 16.5. The highest BCUT2D eigenvalue weighted by molar-refractivity contribution is 5.66. The summed E-state index contributed by atoms with van der Waals surface area (Å²) in [4.78, 5) is 10.4. The van der Waals surface area contributed by atoms with Gasteiger partial charge in [0.05, 0.1) is 30.5 Å². The predicted molar refractivity (Wildman–Crippen MR) is 109 cm³/mol. The minimum absolute atomic E-state index is 0.160. The van der Waals surface area contributed by atoms with E-state index in [1.165, 1.54) is 6.08 Å². The van der Waals surface area contributed by atoms with E-state index in [0.29, 0.717) is 25.7 Å². The topological polar surface area (TPSA) is 107 Å². The third kappa shape index (κ3) is 10.6. The lowest BCUT2D eigenvalue weighted by Gasteiger charge is -2.16. The molecule has 0 saturated carbocycles. The zero-order valence-electron chi connectivity index (χ0n) is 16.6. The Labute approximate surface area is 167 Å². The number of carbonyl (C=O) groups is 1. The van der Waals surface area contributed by atoms with Gasteiger partial charge in [-0.15, -0.1) is 0 Å². The molecule has 28 heavy (non-hydrogen) atoms. The molecule has 0 aromatic heterocycles. The molecule has 1 aliphatic rings. The van der Waals surface area contributed by atoms with Crippen LogP contribution in [0.3, 0.4) is 0 Å². The number of aliphatic hydroxyl groups excluding tert-OH is 3. The molecular formula is C22H34O6. The van der Waals surface area contributed by atoms with Crippen LogP contribution < -0.4 is 0 Å². The third-order valence-electron chi connectivity index (χ3n) is 4.52. The fraction of sp³-hybridized carbons (Fsp3) is 0.591. The normalized spacial score (nSPS) is 25.5. The van der Waals surface area contributed by atoms with Crippen LogP contribution in [0.2, 0.25) is 0 Å². The molecule has 1 heterocycles. The molecule has 0 radical (unpaired) electrons. The largest absolute Gasteiger partial charge is 0.481 e. The van der Waals surface area contributed by atoms with E-state index in [4.69, 9.17) is 9.84 Å². The number of hydrogen-bond acceptors (Lipinski definition) is 5. The lowest BCUT2D eigenvalue weighted by Crippen LogP contribution is -2.24. The zero-order valence-corrected chi connectivity index (χ0v) is 16.6. The van der Waals surface area contributed by atoms with Gasteiger partial charge in [0, 0.05) is 12.8 Å². The summed E-state index contributed by atoms with van der Waals surface area (Å²) in [6.45, 7) is 1.86. The molecule has 0 aliphatic carbocycles. The molecule has 0 spiro atoms. The highest BCUT2D eigenvalue weighted by Gasteiger charge is 2.36. The number of rotatable bonds is 13. The summed E-state index contributed by atoms with van der Waals surface area (Å²) >= 11 is 0. The quantitative estimate of drug-likeness (QED) is 0.358. The van der Waals surface area contributed by atoms with Crippen LogP contribution in [0.4, 0.5) is 0 Å². The summed E-state index contributed by atoms with van der Waals surface area (Å²) in [5, 5.41) is 38.2. The SMILES string of the molecule is CC[C@H](O)/C=C/[C@H](O)[C@@H]1C[C@H](O)[C@H](C/C=C\C/C=C\C/C=C\CCC(=O)O)O1. The van der Waals surface area contributed by atoms with E-state index >= 15 is 0 Å². The van der Waals surface area contributed by atoms with Gasteiger partial charge >= 0.3 is 5.97 Å². The van der Waals surface area contributed by atoms with Crippen molar-refractivity contribution < 1.29 is 30.0 Å². The molecule has 1 fully saturated rings. The molecule has 0 aromatic rings. The average Bonchev–Trinajstić information content (AvgIpc) is 3.04. The van der Waals surface area contributed by atoms with E-state index < -0.39 is 30.4 Å². The van der Waals surface area contributed by atoms with Gasteiger partial charge in [0.2, 0.25) is 0 Å². The highest BCUT2D eigenvalue weighted by Crippen LogP contribution is 2.26. The van der Waals surface area contributed by atoms with Gasteiger partial charge in [-0.2, -0.15) is 0 Å². The van der Waals surface area contributed by atoms with Crippen molar-refractivity contribution in [1.29, 1.82) is 0 Å². The van der Waals surface area contributed by atoms with E-state index in [9.17, 15) is 20.1 Å². The van der Waals surface area contributed by atoms with Gasteiger partial charge in [-0.1, -0.05) is 55.5 Å². The minimum atomic E-state index is -0.837. The van der Waals surface area contributed by atoms with Crippen molar-refractivity contribution in [2.45, 2.75) is 82.4 Å². The monoisotopic (exact) mass is 394 g/mol. The third-order valence-corrected chi connectivity index (χ3v) is 4.52. The molecule has 1 aliphatic heterocycles. The standard InChI is InChI=1S/C22H34O6/c1-2-17(23)14-15-18(24)21-16-19(25)20(28-21)12-10-8-6-4-3-5-7-9-11-13-22(26)27/h3-4,7-10,14-15,17-21,23-25H,2,5-6,11-13,16H2,1H3,(H,26,27)/b4-3-,9-7-,10-8-,15-14+/t17-,18-,19-,20-,21-/m0/s1. The van der Waals surface area contributed by atoms with Gasteiger partial charge < -0.3 is 25.2 Å². The molecule has 0 unspecified atom stereocenters. The number of carboxylic acids is 1. The maximum atomic E-state index is 10.4. The Balaban J connectivity index is 2.23. The van der Waals surface area contributed by atoms with Crippen molar-refractivity contribution in [3.8, 4) is 0 Å². The summed E-state index contributed by atoms with van der Waals surface area (Å²) in [6.07, 6.45) is 15.9. The number of carboxylic acid groups (broad SMARTS) is 1. The number of allylic oxidation sites excluding steroid dienone is 5. The average molecular weight is 395 g/mol. The van der Waals surface area contributed by atoms with Crippen LogP contribution in [0.25, 0.3) is 0 Å². The van der Waals surface area contributed by atoms with Gasteiger partial charge in [0.15, 0.2) is 0 Å². The smallest absolute Gasteiger partial charge is 0.303 e. The first-order chi connectivity index (χ1) is 13.4. The molecule has 1 saturated heterocycles. The Morgan fingerprint density at radius 1 is 1.07 bits per heavy atom.